The largest absolute Gasteiger partial charge is 0.508 e. The maximum atomic E-state index is 12.9. The summed E-state index contributed by atoms with van der Waals surface area (Å²) in [6.45, 7) is 4.94. The first-order valence-corrected chi connectivity index (χ1v) is 5.18. The van der Waals surface area contributed by atoms with E-state index in [4.69, 9.17) is 4.74 Å². The van der Waals surface area contributed by atoms with Gasteiger partial charge in [-0.2, -0.15) is 0 Å². The van der Waals surface area contributed by atoms with Crippen LogP contribution in [0.15, 0.2) is 18.2 Å². The Balaban J connectivity index is 2.52. The summed E-state index contributed by atoms with van der Waals surface area (Å²) >= 11 is 0. The number of benzene rings is 1. The molecule has 16 heavy (non-hydrogen) atoms. The molecule has 0 aliphatic carbocycles. The van der Waals surface area contributed by atoms with E-state index in [0.29, 0.717) is 18.7 Å². The molecule has 0 spiro atoms. The number of aromatic hydroxyl groups is 1. The highest BCUT2D eigenvalue weighted by Crippen LogP contribution is 2.17. The van der Waals surface area contributed by atoms with Crippen LogP contribution in [0.4, 0.5) is 4.39 Å². The van der Waals surface area contributed by atoms with Crippen LogP contribution in [0.5, 0.6) is 5.75 Å². The van der Waals surface area contributed by atoms with Crippen molar-refractivity contribution in [2.75, 3.05) is 13.7 Å². The molecule has 0 aliphatic rings. The summed E-state index contributed by atoms with van der Waals surface area (Å²) < 4.78 is 18.1. The van der Waals surface area contributed by atoms with Gasteiger partial charge in [0.05, 0.1) is 5.60 Å². The summed E-state index contributed by atoms with van der Waals surface area (Å²) in [6, 6.07) is 3.91. The summed E-state index contributed by atoms with van der Waals surface area (Å²) in [4.78, 5) is 0. The van der Waals surface area contributed by atoms with Crippen LogP contribution < -0.4 is 5.32 Å². The first-order valence-electron chi connectivity index (χ1n) is 5.18. The molecule has 3 nitrogen and oxygen atoms in total. The zero-order valence-corrected chi connectivity index (χ0v) is 9.88. The van der Waals surface area contributed by atoms with Crippen LogP contribution >= 0.6 is 0 Å². The normalized spacial score (nSPS) is 11.8. The number of phenols is 1. The molecule has 0 amide bonds. The molecule has 0 heterocycles. The van der Waals surface area contributed by atoms with Gasteiger partial charge < -0.3 is 15.2 Å². The summed E-state index contributed by atoms with van der Waals surface area (Å²) in [5, 5.41) is 12.6. The van der Waals surface area contributed by atoms with Crippen molar-refractivity contribution in [3.8, 4) is 5.75 Å². The molecule has 0 bridgehead atoms. The van der Waals surface area contributed by atoms with Crippen molar-refractivity contribution in [3.05, 3.63) is 29.6 Å². The zero-order valence-electron chi connectivity index (χ0n) is 9.88. The number of methoxy groups -OCH3 is 1. The average molecular weight is 227 g/mol. The monoisotopic (exact) mass is 227 g/mol. The van der Waals surface area contributed by atoms with Crippen LogP contribution in [0, 0.1) is 5.82 Å². The topological polar surface area (TPSA) is 41.5 Å². The van der Waals surface area contributed by atoms with Crippen LogP contribution in [0.25, 0.3) is 0 Å². The second kappa shape index (κ2) is 5.27. The van der Waals surface area contributed by atoms with E-state index < -0.39 is 0 Å². The van der Waals surface area contributed by atoms with E-state index in [1.54, 1.807) is 7.11 Å². The highest BCUT2D eigenvalue weighted by Gasteiger charge is 2.15. The maximum absolute atomic E-state index is 12.9. The molecular weight excluding hydrogens is 209 g/mol. The van der Waals surface area contributed by atoms with E-state index in [2.05, 4.69) is 5.32 Å². The number of phenolic OH excluding ortho intramolecular Hbond substituents is 1. The van der Waals surface area contributed by atoms with Gasteiger partial charge in [0.2, 0.25) is 0 Å². The standard InChI is InChI=1S/C12H18FNO2/c1-12(2,16-3)8-14-7-9-6-10(13)4-5-11(9)15/h4-6,14-15H,7-8H2,1-3H3. The van der Waals surface area contributed by atoms with Gasteiger partial charge in [-0.1, -0.05) is 0 Å². The SMILES string of the molecule is COC(C)(C)CNCc1cc(F)ccc1O. The van der Waals surface area contributed by atoms with E-state index in [1.165, 1.54) is 18.2 Å². The lowest BCUT2D eigenvalue weighted by Gasteiger charge is -2.23. The minimum atomic E-state index is -0.347. The quantitative estimate of drug-likeness (QED) is 0.809. The Morgan fingerprint density at radius 2 is 2.12 bits per heavy atom. The van der Waals surface area contributed by atoms with Crippen LogP contribution in [-0.4, -0.2) is 24.4 Å². The average Bonchev–Trinajstić information content (AvgIpc) is 2.23. The van der Waals surface area contributed by atoms with Gasteiger partial charge in [0, 0.05) is 25.8 Å². The molecule has 0 radical (unpaired) electrons. The Bertz CT molecular complexity index is 353. The second-order valence-electron chi connectivity index (χ2n) is 4.34. The maximum Gasteiger partial charge on any atom is 0.123 e. The second-order valence-corrected chi connectivity index (χ2v) is 4.34. The van der Waals surface area contributed by atoms with Crippen molar-refractivity contribution >= 4 is 0 Å². The first-order chi connectivity index (χ1) is 7.44. The molecule has 0 atom stereocenters. The summed E-state index contributed by atoms with van der Waals surface area (Å²) in [5.41, 5.74) is 0.273. The van der Waals surface area contributed by atoms with Gasteiger partial charge in [-0.3, -0.25) is 0 Å². The van der Waals surface area contributed by atoms with E-state index >= 15 is 0 Å². The molecule has 2 N–H and O–H groups in total. The Morgan fingerprint density at radius 1 is 1.44 bits per heavy atom. The van der Waals surface area contributed by atoms with Crippen LogP contribution in [0.2, 0.25) is 0 Å². The van der Waals surface area contributed by atoms with Gasteiger partial charge in [0.25, 0.3) is 0 Å². The predicted molar refractivity (Wildman–Crippen MR) is 60.9 cm³/mol. The van der Waals surface area contributed by atoms with Gasteiger partial charge >= 0.3 is 0 Å². The smallest absolute Gasteiger partial charge is 0.123 e. The number of hydrogen-bond donors (Lipinski definition) is 2. The minimum Gasteiger partial charge on any atom is -0.508 e. The molecular formula is C12H18FNO2. The zero-order chi connectivity index (χ0) is 12.2. The van der Waals surface area contributed by atoms with E-state index in [0.717, 1.165) is 0 Å². The van der Waals surface area contributed by atoms with E-state index in [-0.39, 0.29) is 17.2 Å². The molecule has 0 aliphatic heterocycles. The molecule has 0 saturated heterocycles. The number of ether oxygens (including phenoxy) is 1. The lowest BCUT2D eigenvalue weighted by Crippen LogP contribution is -2.36. The molecule has 0 fully saturated rings. The van der Waals surface area contributed by atoms with Gasteiger partial charge in [0.15, 0.2) is 0 Å². The van der Waals surface area contributed by atoms with Crippen LogP contribution in [0.1, 0.15) is 19.4 Å². The van der Waals surface area contributed by atoms with Gasteiger partial charge in [-0.25, -0.2) is 4.39 Å². The fraction of sp³-hybridized carbons (Fsp3) is 0.500. The lowest BCUT2D eigenvalue weighted by molar-refractivity contribution is 0.0230. The Hall–Kier alpha value is -1.13. The van der Waals surface area contributed by atoms with Crippen molar-refractivity contribution in [2.45, 2.75) is 26.0 Å². The van der Waals surface area contributed by atoms with Crippen LogP contribution in [-0.2, 0) is 11.3 Å². The van der Waals surface area contributed by atoms with Crippen molar-refractivity contribution in [3.63, 3.8) is 0 Å². The number of hydrogen-bond acceptors (Lipinski definition) is 3. The van der Waals surface area contributed by atoms with Gasteiger partial charge in [-0.05, 0) is 32.0 Å². The van der Waals surface area contributed by atoms with Crippen molar-refractivity contribution in [2.24, 2.45) is 0 Å². The highest BCUT2D eigenvalue weighted by atomic mass is 19.1. The van der Waals surface area contributed by atoms with Crippen molar-refractivity contribution < 1.29 is 14.2 Å². The first kappa shape index (κ1) is 12.9. The molecule has 0 aromatic heterocycles. The predicted octanol–water partition coefficient (Wildman–Crippen LogP) is 2.05. The van der Waals surface area contributed by atoms with Crippen LogP contribution in [0.3, 0.4) is 0 Å². The summed E-state index contributed by atoms with van der Waals surface area (Å²) in [6.07, 6.45) is 0. The van der Waals surface area contributed by atoms with Gasteiger partial charge in [0.1, 0.15) is 11.6 Å². The fourth-order valence-electron chi connectivity index (χ4n) is 1.27. The molecule has 1 aromatic rings. The lowest BCUT2D eigenvalue weighted by atomic mass is 10.1. The number of rotatable bonds is 5. The number of nitrogens with one attached hydrogen (secondary N) is 1. The molecule has 4 heteroatoms. The Labute approximate surface area is 95.2 Å². The van der Waals surface area contributed by atoms with E-state index in [9.17, 15) is 9.50 Å². The molecule has 1 aromatic carbocycles. The fourth-order valence-corrected chi connectivity index (χ4v) is 1.27. The Morgan fingerprint density at radius 3 is 2.75 bits per heavy atom. The van der Waals surface area contributed by atoms with Crippen molar-refractivity contribution in [1.82, 2.24) is 5.32 Å². The summed E-state index contributed by atoms with van der Waals surface area (Å²) in [7, 11) is 1.64. The van der Waals surface area contributed by atoms with Gasteiger partial charge in [-0.15, -0.1) is 0 Å². The third kappa shape index (κ3) is 3.79. The van der Waals surface area contributed by atoms with Crippen molar-refractivity contribution in [1.29, 1.82) is 0 Å². The third-order valence-corrected chi connectivity index (χ3v) is 2.46. The number of halogens is 1. The molecule has 0 unspecified atom stereocenters. The third-order valence-electron chi connectivity index (χ3n) is 2.46. The summed E-state index contributed by atoms with van der Waals surface area (Å²) in [5.74, 6) is -0.246. The molecule has 0 saturated carbocycles. The highest BCUT2D eigenvalue weighted by molar-refractivity contribution is 5.32. The van der Waals surface area contributed by atoms with E-state index in [1.807, 2.05) is 13.8 Å². The Kier molecular flexibility index (Phi) is 4.26. The molecule has 90 valence electrons. The minimum absolute atomic E-state index is 0.101. The molecule has 1 rings (SSSR count).